The fraction of sp³-hybridized carbons (Fsp3) is 0.133. The summed E-state index contributed by atoms with van der Waals surface area (Å²) in [5, 5.41) is 2.00. The SMILES string of the molecule is Clc1ccccc1CSC1=Nc2ccccc2SC1. The van der Waals surface area contributed by atoms with E-state index in [1.165, 1.54) is 15.5 Å². The molecule has 0 N–H and O–H groups in total. The van der Waals surface area contributed by atoms with Gasteiger partial charge in [0.1, 0.15) is 0 Å². The summed E-state index contributed by atoms with van der Waals surface area (Å²) in [7, 11) is 0. The van der Waals surface area contributed by atoms with Crippen LogP contribution in [0.25, 0.3) is 0 Å². The molecule has 0 radical (unpaired) electrons. The largest absolute Gasteiger partial charge is 0.245 e. The first kappa shape index (κ1) is 13.1. The molecule has 1 nitrogen and oxygen atoms in total. The minimum atomic E-state index is 0.833. The van der Waals surface area contributed by atoms with E-state index in [2.05, 4.69) is 24.3 Å². The maximum absolute atomic E-state index is 6.16. The van der Waals surface area contributed by atoms with Gasteiger partial charge in [0.25, 0.3) is 0 Å². The summed E-state index contributed by atoms with van der Waals surface area (Å²) in [5.74, 6) is 1.83. The number of hydrogen-bond acceptors (Lipinski definition) is 3. The Kier molecular flexibility index (Phi) is 4.16. The van der Waals surface area contributed by atoms with Gasteiger partial charge in [-0.05, 0) is 23.8 Å². The van der Waals surface area contributed by atoms with Gasteiger partial charge in [-0.15, -0.1) is 23.5 Å². The van der Waals surface area contributed by atoms with Crippen molar-refractivity contribution in [2.75, 3.05) is 5.75 Å². The molecule has 0 unspecified atom stereocenters. The van der Waals surface area contributed by atoms with Gasteiger partial charge in [-0.3, -0.25) is 0 Å². The van der Waals surface area contributed by atoms with Gasteiger partial charge in [0, 0.05) is 21.4 Å². The van der Waals surface area contributed by atoms with Crippen LogP contribution in [0.2, 0.25) is 5.02 Å². The highest BCUT2D eigenvalue weighted by Crippen LogP contribution is 2.36. The standard InChI is InChI=1S/C15H12ClNS2/c16-12-6-2-1-5-11(12)9-19-15-10-18-14-8-4-3-7-13(14)17-15/h1-8H,9-10H2. The van der Waals surface area contributed by atoms with Gasteiger partial charge < -0.3 is 0 Å². The second-order valence-electron chi connectivity index (χ2n) is 4.14. The Balaban J connectivity index is 1.72. The lowest BCUT2D eigenvalue weighted by molar-refractivity contribution is 1.36. The number of fused-ring (bicyclic) bond motifs is 1. The van der Waals surface area contributed by atoms with E-state index in [4.69, 9.17) is 16.6 Å². The monoisotopic (exact) mass is 305 g/mol. The predicted octanol–water partition coefficient (Wildman–Crippen LogP) is 5.41. The average molecular weight is 306 g/mol. The van der Waals surface area contributed by atoms with Crippen molar-refractivity contribution in [3.63, 3.8) is 0 Å². The lowest BCUT2D eigenvalue weighted by Crippen LogP contribution is -2.01. The molecule has 0 aromatic heterocycles. The Hall–Kier alpha value is -0.900. The quantitative estimate of drug-likeness (QED) is 0.735. The second kappa shape index (κ2) is 6.04. The zero-order valence-corrected chi connectivity index (χ0v) is 12.6. The number of aliphatic imine (C=N–C) groups is 1. The smallest absolute Gasteiger partial charge is 0.0845 e. The Morgan fingerprint density at radius 1 is 1.11 bits per heavy atom. The molecular formula is C15H12ClNS2. The minimum Gasteiger partial charge on any atom is -0.245 e. The molecule has 3 rings (SSSR count). The van der Waals surface area contributed by atoms with Gasteiger partial charge >= 0.3 is 0 Å². The molecule has 0 fully saturated rings. The van der Waals surface area contributed by atoms with Crippen molar-refractivity contribution in [2.45, 2.75) is 10.6 Å². The molecule has 1 heterocycles. The summed E-state index contributed by atoms with van der Waals surface area (Å²) >= 11 is 9.79. The van der Waals surface area contributed by atoms with E-state index in [1.807, 2.05) is 36.0 Å². The van der Waals surface area contributed by atoms with Gasteiger partial charge in [0.2, 0.25) is 0 Å². The van der Waals surface area contributed by atoms with Crippen LogP contribution in [-0.2, 0) is 5.75 Å². The van der Waals surface area contributed by atoms with E-state index >= 15 is 0 Å². The lowest BCUT2D eigenvalue weighted by Gasteiger charge is -2.14. The Labute approximate surface area is 126 Å². The van der Waals surface area contributed by atoms with Crippen LogP contribution < -0.4 is 0 Å². The molecule has 0 amide bonds. The number of hydrogen-bond donors (Lipinski definition) is 0. The number of nitrogens with zero attached hydrogens (tertiary/aromatic N) is 1. The molecule has 96 valence electrons. The highest BCUT2D eigenvalue weighted by Gasteiger charge is 2.12. The van der Waals surface area contributed by atoms with E-state index in [9.17, 15) is 0 Å². The molecule has 4 heteroatoms. The molecular weight excluding hydrogens is 294 g/mol. The summed E-state index contributed by atoms with van der Waals surface area (Å²) in [5.41, 5.74) is 2.25. The predicted molar refractivity (Wildman–Crippen MR) is 87.0 cm³/mol. The van der Waals surface area contributed by atoms with Crippen molar-refractivity contribution < 1.29 is 0 Å². The van der Waals surface area contributed by atoms with Crippen molar-refractivity contribution >= 4 is 45.9 Å². The Bertz CT molecular complexity index is 625. The lowest BCUT2D eigenvalue weighted by atomic mass is 10.2. The summed E-state index contributed by atoms with van der Waals surface area (Å²) in [6.45, 7) is 0. The maximum Gasteiger partial charge on any atom is 0.0845 e. The van der Waals surface area contributed by atoms with Crippen LogP contribution in [0.1, 0.15) is 5.56 Å². The fourth-order valence-electron chi connectivity index (χ4n) is 1.83. The van der Waals surface area contributed by atoms with Crippen molar-refractivity contribution in [3.8, 4) is 0 Å². The number of halogens is 1. The van der Waals surface area contributed by atoms with Gasteiger partial charge in [-0.2, -0.15) is 0 Å². The van der Waals surface area contributed by atoms with Gasteiger partial charge in [-0.25, -0.2) is 4.99 Å². The van der Waals surface area contributed by atoms with Crippen molar-refractivity contribution in [1.29, 1.82) is 0 Å². The van der Waals surface area contributed by atoms with Gasteiger partial charge in [0.05, 0.1) is 10.7 Å². The molecule has 0 atom stereocenters. The van der Waals surface area contributed by atoms with Crippen LogP contribution in [0.15, 0.2) is 58.4 Å². The third-order valence-corrected chi connectivity index (χ3v) is 5.46. The van der Waals surface area contributed by atoms with E-state index in [1.54, 1.807) is 11.8 Å². The molecule has 2 aromatic carbocycles. The van der Waals surface area contributed by atoms with Gasteiger partial charge in [-0.1, -0.05) is 41.9 Å². The number of thioether (sulfide) groups is 2. The van der Waals surface area contributed by atoms with Crippen LogP contribution in [0.4, 0.5) is 5.69 Å². The number of rotatable bonds is 2. The van der Waals surface area contributed by atoms with E-state index in [-0.39, 0.29) is 0 Å². The first-order valence-electron chi connectivity index (χ1n) is 5.98. The highest BCUT2D eigenvalue weighted by atomic mass is 35.5. The second-order valence-corrected chi connectivity index (χ2v) is 6.62. The van der Waals surface area contributed by atoms with Crippen LogP contribution in [-0.4, -0.2) is 10.8 Å². The first-order valence-corrected chi connectivity index (χ1v) is 8.33. The average Bonchev–Trinajstić information content (AvgIpc) is 2.46. The summed E-state index contributed by atoms with van der Waals surface area (Å²) in [6.07, 6.45) is 0. The van der Waals surface area contributed by atoms with Crippen LogP contribution >= 0.6 is 35.1 Å². The zero-order valence-electron chi connectivity index (χ0n) is 10.2. The summed E-state index contributed by atoms with van der Waals surface area (Å²) in [6, 6.07) is 16.3. The van der Waals surface area contributed by atoms with Crippen LogP contribution in [0.5, 0.6) is 0 Å². The van der Waals surface area contributed by atoms with Crippen molar-refractivity contribution in [2.24, 2.45) is 4.99 Å². The van der Waals surface area contributed by atoms with Crippen LogP contribution in [0.3, 0.4) is 0 Å². The Morgan fingerprint density at radius 2 is 1.89 bits per heavy atom. The molecule has 0 bridgehead atoms. The van der Waals surface area contributed by atoms with Crippen LogP contribution in [0, 0.1) is 0 Å². The first-order chi connectivity index (χ1) is 9.33. The van der Waals surface area contributed by atoms with Crippen molar-refractivity contribution in [1.82, 2.24) is 0 Å². The third kappa shape index (κ3) is 3.16. The number of benzene rings is 2. The van der Waals surface area contributed by atoms with E-state index in [0.717, 1.165) is 22.2 Å². The molecule has 0 saturated carbocycles. The molecule has 2 aromatic rings. The normalized spacial score (nSPS) is 13.8. The maximum atomic E-state index is 6.16. The molecule has 1 aliphatic rings. The topological polar surface area (TPSA) is 12.4 Å². The third-order valence-electron chi connectivity index (χ3n) is 2.81. The highest BCUT2D eigenvalue weighted by molar-refractivity contribution is 8.15. The molecule has 1 aliphatic heterocycles. The summed E-state index contributed by atoms with van der Waals surface area (Å²) in [4.78, 5) is 5.97. The van der Waals surface area contributed by atoms with E-state index in [0.29, 0.717) is 0 Å². The molecule has 0 aliphatic carbocycles. The number of para-hydroxylation sites is 1. The van der Waals surface area contributed by atoms with E-state index < -0.39 is 0 Å². The fourth-order valence-corrected chi connectivity index (χ4v) is 4.14. The minimum absolute atomic E-state index is 0.833. The molecule has 0 spiro atoms. The van der Waals surface area contributed by atoms with Crippen molar-refractivity contribution in [3.05, 3.63) is 59.1 Å². The Morgan fingerprint density at radius 3 is 2.79 bits per heavy atom. The zero-order chi connectivity index (χ0) is 13.1. The summed E-state index contributed by atoms with van der Waals surface area (Å²) < 4.78 is 0. The molecule has 0 saturated heterocycles. The molecule has 19 heavy (non-hydrogen) atoms. The van der Waals surface area contributed by atoms with Gasteiger partial charge in [0.15, 0.2) is 0 Å².